The van der Waals surface area contributed by atoms with E-state index in [1.807, 2.05) is 0 Å². The van der Waals surface area contributed by atoms with Gasteiger partial charge in [-0.2, -0.15) is 0 Å². The van der Waals surface area contributed by atoms with E-state index in [1.165, 1.54) is 24.4 Å². The number of pyridine rings is 1. The highest BCUT2D eigenvalue weighted by molar-refractivity contribution is 6.33. The van der Waals surface area contributed by atoms with Crippen molar-refractivity contribution in [2.45, 2.75) is 0 Å². The molecule has 0 saturated heterocycles. The van der Waals surface area contributed by atoms with Crippen LogP contribution < -0.4 is 10.6 Å². The van der Waals surface area contributed by atoms with Crippen LogP contribution >= 0.6 is 11.6 Å². The van der Waals surface area contributed by atoms with Crippen molar-refractivity contribution in [2.24, 2.45) is 0 Å². The SMILES string of the molecule is CNc1ccc([N+](=O)[O-])c(C(=O)Nc2ncccc2Cl)c1. The van der Waals surface area contributed by atoms with Gasteiger partial charge in [0.1, 0.15) is 5.56 Å². The van der Waals surface area contributed by atoms with E-state index in [2.05, 4.69) is 15.6 Å². The molecule has 0 unspecified atom stereocenters. The zero-order valence-corrected chi connectivity index (χ0v) is 11.7. The van der Waals surface area contributed by atoms with Crippen molar-refractivity contribution in [1.82, 2.24) is 4.98 Å². The molecule has 0 atom stereocenters. The fourth-order valence-corrected chi connectivity index (χ4v) is 1.85. The zero-order valence-electron chi connectivity index (χ0n) is 11.0. The van der Waals surface area contributed by atoms with Gasteiger partial charge in [0.2, 0.25) is 0 Å². The maximum Gasteiger partial charge on any atom is 0.282 e. The van der Waals surface area contributed by atoms with E-state index >= 15 is 0 Å². The lowest BCUT2D eigenvalue weighted by Gasteiger charge is -2.08. The molecule has 0 aliphatic heterocycles. The maximum atomic E-state index is 12.2. The molecule has 1 heterocycles. The van der Waals surface area contributed by atoms with Crippen molar-refractivity contribution < 1.29 is 9.72 Å². The number of nitrogens with zero attached hydrogens (tertiary/aromatic N) is 2. The molecule has 2 N–H and O–H groups in total. The molecule has 1 amide bonds. The quantitative estimate of drug-likeness (QED) is 0.668. The Balaban J connectivity index is 2.38. The van der Waals surface area contributed by atoms with Crippen LogP contribution in [0.1, 0.15) is 10.4 Å². The number of anilines is 2. The molecule has 2 rings (SSSR count). The summed E-state index contributed by atoms with van der Waals surface area (Å²) in [6.45, 7) is 0. The number of carbonyl (C=O) groups is 1. The van der Waals surface area contributed by atoms with Crippen LogP contribution in [0, 0.1) is 10.1 Å². The standard InChI is InChI=1S/C13H11ClN4O3/c1-15-8-4-5-11(18(20)21)9(7-8)13(19)17-12-10(14)3-2-6-16-12/h2-7,15H,1H3,(H,16,17,19). The summed E-state index contributed by atoms with van der Waals surface area (Å²) in [6, 6.07) is 7.35. The third kappa shape index (κ3) is 3.26. The number of nitro benzene ring substituents is 1. The Morgan fingerprint density at radius 2 is 2.14 bits per heavy atom. The molecule has 0 saturated carbocycles. The third-order valence-corrected chi connectivity index (χ3v) is 3.02. The molecule has 8 heteroatoms. The summed E-state index contributed by atoms with van der Waals surface area (Å²) in [5.41, 5.74) is 0.213. The molecule has 0 radical (unpaired) electrons. The van der Waals surface area contributed by atoms with Gasteiger partial charge in [0.15, 0.2) is 5.82 Å². The molecule has 0 aliphatic carbocycles. The molecule has 2 aromatic rings. The number of nitro groups is 1. The smallest absolute Gasteiger partial charge is 0.282 e. The Morgan fingerprint density at radius 1 is 1.38 bits per heavy atom. The Kier molecular flexibility index (Phi) is 4.34. The van der Waals surface area contributed by atoms with Crippen LogP contribution in [0.4, 0.5) is 17.2 Å². The predicted molar refractivity (Wildman–Crippen MR) is 79.8 cm³/mol. The van der Waals surface area contributed by atoms with E-state index in [-0.39, 0.29) is 22.1 Å². The second-order valence-corrected chi connectivity index (χ2v) is 4.43. The van der Waals surface area contributed by atoms with E-state index in [4.69, 9.17) is 11.6 Å². The fraction of sp³-hybridized carbons (Fsp3) is 0.0769. The van der Waals surface area contributed by atoms with Crippen LogP contribution in [0.25, 0.3) is 0 Å². The van der Waals surface area contributed by atoms with E-state index in [1.54, 1.807) is 19.2 Å². The summed E-state index contributed by atoms with van der Waals surface area (Å²) < 4.78 is 0. The number of rotatable bonds is 4. The predicted octanol–water partition coefficient (Wildman–Crippen LogP) is 2.94. The average molecular weight is 307 g/mol. The number of amides is 1. The monoisotopic (exact) mass is 306 g/mol. The maximum absolute atomic E-state index is 12.2. The molecule has 0 bridgehead atoms. The van der Waals surface area contributed by atoms with Gasteiger partial charge in [-0.05, 0) is 24.3 Å². The van der Waals surface area contributed by atoms with Crippen LogP contribution in [-0.4, -0.2) is 22.9 Å². The van der Waals surface area contributed by atoms with Gasteiger partial charge < -0.3 is 10.6 Å². The number of benzene rings is 1. The first-order valence-corrected chi connectivity index (χ1v) is 6.29. The van der Waals surface area contributed by atoms with Crippen LogP contribution in [0.5, 0.6) is 0 Å². The van der Waals surface area contributed by atoms with Crippen molar-refractivity contribution in [3.63, 3.8) is 0 Å². The lowest BCUT2D eigenvalue weighted by atomic mass is 10.1. The first kappa shape index (κ1) is 14.7. The van der Waals surface area contributed by atoms with Crippen LogP contribution in [0.2, 0.25) is 5.02 Å². The molecule has 108 valence electrons. The Bertz CT molecular complexity index is 706. The minimum Gasteiger partial charge on any atom is -0.388 e. The molecule has 1 aromatic carbocycles. The van der Waals surface area contributed by atoms with Crippen molar-refractivity contribution in [3.05, 3.63) is 57.2 Å². The van der Waals surface area contributed by atoms with Crippen molar-refractivity contribution in [3.8, 4) is 0 Å². The molecule has 0 aliphatic rings. The number of halogens is 1. The van der Waals surface area contributed by atoms with E-state index in [0.29, 0.717) is 5.69 Å². The first-order chi connectivity index (χ1) is 10.0. The highest BCUT2D eigenvalue weighted by atomic mass is 35.5. The highest BCUT2D eigenvalue weighted by Crippen LogP contribution is 2.25. The summed E-state index contributed by atoms with van der Waals surface area (Å²) in [6.07, 6.45) is 1.46. The topological polar surface area (TPSA) is 97.2 Å². The van der Waals surface area contributed by atoms with Crippen molar-refractivity contribution in [2.75, 3.05) is 17.7 Å². The Morgan fingerprint density at radius 3 is 2.76 bits per heavy atom. The van der Waals surface area contributed by atoms with E-state index < -0.39 is 10.8 Å². The lowest BCUT2D eigenvalue weighted by molar-refractivity contribution is -0.385. The molecule has 0 fully saturated rings. The summed E-state index contributed by atoms with van der Waals surface area (Å²) in [5.74, 6) is -0.507. The van der Waals surface area contributed by atoms with E-state index in [9.17, 15) is 14.9 Å². The van der Waals surface area contributed by atoms with Crippen molar-refractivity contribution in [1.29, 1.82) is 0 Å². The summed E-state index contributed by atoms with van der Waals surface area (Å²) in [7, 11) is 1.65. The van der Waals surface area contributed by atoms with Gasteiger partial charge in [0.25, 0.3) is 11.6 Å². The number of carbonyl (C=O) groups excluding carboxylic acids is 1. The normalized spacial score (nSPS) is 10.0. The number of hydrogen-bond acceptors (Lipinski definition) is 5. The van der Waals surface area contributed by atoms with Crippen LogP contribution in [0.3, 0.4) is 0 Å². The second-order valence-electron chi connectivity index (χ2n) is 4.03. The lowest BCUT2D eigenvalue weighted by Crippen LogP contribution is -2.15. The third-order valence-electron chi connectivity index (χ3n) is 2.72. The highest BCUT2D eigenvalue weighted by Gasteiger charge is 2.21. The number of hydrogen-bond donors (Lipinski definition) is 2. The number of nitrogens with one attached hydrogen (secondary N) is 2. The molecular formula is C13H11ClN4O3. The summed E-state index contributed by atoms with van der Waals surface area (Å²) in [4.78, 5) is 26.5. The number of aromatic nitrogens is 1. The van der Waals surface area contributed by atoms with Crippen molar-refractivity contribution >= 4 is 34.7 Å². The van der Waals surface area contributed by atoms with Gasteiger partial charge in [-0.1, -0.05) is 11.6 Å². The molecule has 7 nitrogen and oxygen atoms in total. The Hall–Kier alpha value is -2.67. The largest absolute Gasteiger partial charge is 0.388 e. The van der Waals surface area contributed by atoms with E-state index in [0.717, 1.165) is 0 Å². The van der Waals surface area contributed by atoms with Gasteiger partial charge >= 0.3 is 0 Å². The van der Waals surface area contributed by atoms with Gasteiger partial charge in [0.05, 0.1) is 9.95 Å². The second kappa shape index (κ2) is 6.19. The van der Waals surface area contributed by atoms with Gasteiger partial charge in [0, 0.05) is 25.0 Å². The summed E-state index contributed by atoms with van der Waals surface area (Å²) >= 11 is 5.89. The first-order valence-electron chi connectivity index (χ1n) is 5.91. The zero-order chi connectivity index (χ0) is 15.4. The van der Waals surface area contributed by atoms with Gasteiger partial charge in [-0.25, -0.2) is 4.98 Å². The summed E-state index contributed by atoms with van der Waals surface area (Å²) in [5, 5.41) is 16.5. The molecule has 0 spiro atoms. The molecular weight excluding hydrogens is 296 g/mol. The van der Waals surface area contributed by atoms with Crippen LogP contribution in [-0.2, 0) is 0 Å². The Labute approximate surface area is 125 Å². The average Bonchev–Trinajstić information content (AvgIpc) is 2.48. The van der Waals surface area contributed by atoms with Gasteiger partial charge in [-0.15, -0.1) is 0 Å². The molecule has 1 aromatic heterocycles. The van der Waals surface area contributed by atoms with Crippen LogP contribution in [0.15, 0.2) is 36.5 Å². The molecule has 21 heavy (non-hydrogen) atoms. The van der Waals surface area contributed by atoms with Gasteiger partial charge in [-0.3, -0.25) is 14.9 Å². The minimum absolute atomic E-state index is 0.0754. The fourth-order valence-electron chi connectivity index (χ4n) is 1.69. The minimum atomic E-state index is -0.653.